The molecule has 2 unspecified atom stereocenters. The molecule has 2 aromatic heterocycles. The topological polar surface area (TPSA) is 92.9 Å². The summed E-state index contributed by atoms with van der Waals surface area (Å²) in [4.78, 5) is 31.4. The standard InChI is InChI=1S/C24H20N2O5/c1-14-11-17-12-16(4-5-18(17)31-14)22(27)20-21(19-3-2-10-30-19)26(24(29)23(20)28)13-15-6-8-25-9-7-15/h2-10,12,14,21,27H,11,13H2,1H3/b22-20+. The zero-order valence-corrected chi connectivity index (χ0v) is 16.8. The van der Waals surface area contributed by atoms with E-state index in [4.69, 9.17) is 9.15 Å². The van der Waals surface area contributed by atoms with Crippen molar-refractivity contribution >= 4 is 17.4 Å². The number of carbonyl (C=O) groups is 2. The van der Waals surface area contributed by atoms with Gasteiger partial charge in [0, 0.05) is 30.9 Å². The van der Waals surface area contributed by atoms with Crippen molar-refractivity contribution in [3.63, 3.8) is 0 Å². The second kappa shape index (κ2) is 7.43. The maximum atomic E-state index is 13.0. The molecule has 0 spiro atoms. The number of fused-ring (bicyclic) bond motifs is 1. The van der Waals surface area contributed by atoms with Gasteiger partial charge in [-0.25, -0.2) is 0 Å². The number of pyridine rings is 1. The Labute approximate surface area is 178 Å². The Kier molecular flexibility index (Phi) is 4.58. The molecule has 7 heteroatoms. The minimum Gasteiger partial charge on any atom is -0.507 e. The zero-order chi connectivity index (χ0) is 21.5. The summed E-state index contributed by atoms with van der Waals surface area (Å²) in [6, 6.07) is 11.4. The van der Waals surface area contributed by atoms with E-state index >= 15 is 0 Å². The van der Waals surface area contributed by atoms with Crippen LogP contribution in [-0.4, -0.2) is 32.8 Å². The van der Waals surface area contributed by atoms with Gasteiger partial charge in [-0.3, -0.25) is 14.6 Å². The number of nitrogens with zero attached hydrogens (tertiary/aromatic N) is 2. The van der Waals surface area contributed by atoms with Crippen LogP contribution in [0.3, 0.4) is 0 Å². The molecule has 0 aliphatic carbocycles. The van der Waals surface area contributed by atoms with Gasteiger partial charge in [0.25, 0.3) is 11.7 Å². The van der Waals surface area contributed by atoms with Crippen molar-refractivity contribution in [3.8, 4) is 5.75 Å². The van der Waals surface area contributed by atoms with Crippen molar-refractivity contribution in [2.24, 2.45) is 0 Å². The summed E-state index contributed by atoms with van der Waals surface area (Å²) in [5, 5.41) is 11.1. The first-order chi connectivity index (χ1) is 15.0. The fourth-order valence-electron chi connectivity index (χ4n) is 4.20. The van der Waals surface area contributed by atoms with Crippen LogP contribution >= 0.6 is 0 Å². The van der Waals surface area contributed by atoms with E-state index in [-0.39, 0.29) is 24.0 Å². The summed E-state index contributed by atoms with van der Waals surface area (Å²) in [6.45, 7) is 2.16. The molecule has 2 atom stereocenters. The van der Waals surface area contributed by atoms with Crippen LogP contribution in [0.5, 0.6) is 5.75 Å². The van der Waals surface area contributed by atoms with Gasteiger partial charge >= 0.3 is 0 Å². The Morgan fingerprint density at radius 1 is 1.19 bits per heavy atom. The van der Waals surface area contributed by atoms with E-state index in [0.29, 0.717) is 17.7 Å². The van der Waals surface area contributed by atoms with Crippen LogP contribution in [0.25, 0.3) is 5.76 Å². The third-order valence-electron chi connectivity index (χ3n) is 5.62. The average Bonchev–Trinajstić information content (AvgIpc) is 3.48. The Morgan fingerprint density at radius 2 is 2.00 bits per heavy atom. The Balaban J connectivity index is 1.60. The second-order valence-electron chi connectivity index (χ2n) is 7.75. The molecule has 1 amide bonds. The van der Waals surface area contributed by atoms with Crippen molar-refractivity contribution in [1.82, 2.24) is 9.88 Å². The molecule has 3 aromatic rings. The van der Waals surface area contributed by atoms with Gasteiger partial charge < -0.3 is 19.2 Å². The maximum absolute atomic E-state index is 13.0. The summed E-state index contributed by atoms with van der Waals surface area (Å²) in [5.74, 6) is -0.465. The molecule has 31 heavy (non-hydrogen) atoms. The third kappa shape index (κ3) is 3.28. The molecule has 0 saturated carbocycles. The SMILES string of the molecule is CC1Cc2cc(/C(O)=C3\C(=O)C(=O)N(Cc4ccncc4)C3c3ccco3)ccc2O1. The van der Waals surface area contributed by atoms with E-state index in [2.05, 4.69) is 4.98 Å². The monoisotopic (exact) mass is 416 g/mol. The number of hydrogen-bond donors (Lipinski definition) is 1. The summed E-state index contributed by atoms with van der Waals surface area (Å²) in [5.41, 5.74) is 2.25. The summed E-state index contributed by atoms with van der Waals surface area (Å²) >= 11 is 0. The Hall–Kier alpha value is -3.87. The molecule has 1 saturated heterocycles. The Morgan fingerprint density at radius 3 is 2.74 bits per heavy atom. The zero-order valence-electron chi connectivity index (χ0n) is 16.8. The lowest BCUT2D eigenvalue weighted by atomic mass is 9.97. The van der Waals surface area contributed by atoms with Crippen molar-refractivity contribution in [3.05, 3.63) is 89.1 Å². The van der Waals surface area contributed by atoms with Crippen molar-refractivity contribution in [2.75, 3.05) is 0 Å². The van der Waals surface area contributed by atoms with Gasteiger partial charge in [0.1, 0.15) is 29.4 Å². The lowest BCUT2D eigenvalue weighted by Gasteiger charge is -2.23. The van der Waals surface area contributed by atoms with Gasteiger partial charge in [-0.1, -0.05) is 0 Å². The molecule has 2 aliphatic heterocycles. The molecule has 0 radical (unpaired) electrons. The molecule has 156 valence electrons. The van der Waals surface area contributed by atoms with E-state index in [0.717, 1.165) is 16.9 Å². The van der Waals surface area contributed by atoms with Crippen LogP contribution in [0.15, 0.2) is 71.1 Å². The normalized spacial score (nSPS) is 21.9. The molecular formula is C24H20N2O5. The Bertz CT molecular complexity index is 1180. The number of hydrogen-bond acceptors (Lipinski definition) is 6. The summed E-state index contributed by atoms with van der Waals surface area (Å²) in [7, 11) is 0. The van der Waals surface area contributed by atoms with E-state index in [1.165, 1.54) is 11.2 Å². The minimum atomic E-state index is -0.827. The van der Waals surface area contributed by atoms with Gasteiger partial charge in [-0.2, -0.15) is 0 Å². The number of aliphatic hydroxyl groups excluding tert-OH is 1. The van der Waals surface area contributed by atoms with Crippen LogP contribution in [0.2, 0.25) is 0 Å². The number of benzene rings is 1. The molecule has 2 aliphatic rings. The average molecular weight is 416 g/mol. The number of aromatic nitrogens is 1. The van der Waals surface area contributed by atoms with Crippen LogP contribution in [0, 0.1) is 0 Å². The number of amides is 1. The third-order valence-corrected chi connectivity index (χ3v) is 5.62. The number of ketones is 1. The molecule has 1 aromatic carbocycles. The van der Waals surface area contributed by atoms with E-state index < -0.39 is 17.7 Å². The molecular weight excluding hydrogens is 396 g/mol. The first-order valence-electron chi connectivity index (χ1n) is 10.0. The van der Waals surface area contributed by atoms with Crippen LogP contribution in [0.1, 0.15) is 35.4 Å². The van der Waals surface area contributed by atoms with Gasteiger partial charge in [0.05, 0.1) is 11.8 Å². The number of ether oxygens (including phenoxy) is 1. The quantitative estimate of drug-likeness (QED) is 0.397. The summed E-state index contributed by atoms with van der Waals surface area (Å²) in [6.07, 6.45) is 5.51. The largest absolute Gasteiger partial charge is 0.507 e. The van der Waals surface area contributed by atoms with Crippen molar-refractivity contribution < 1.29 is 23.8 Å². The highest BCUT2D eigenvalue weighted by molar-refractivity contribution is 6.46. The minimum absolute atomic E-state index is 0.0147. The van der Waals surface area contributed by atoms with Gasteiger partial charge in [-0.05, 0) is 60.5 Å². The van der Waals surface area contributed by atoms with Gasteiger partial charge in [0.15, 0.2) is 0 Å². The van der Waals surface area contributed by atoms with Crippen molar-refractivity contribution in [2.45, 2.75) is 32.0 Å². The number of aliphatic hydroxyl groups is 1. The predicted octanol–water partition coefficient (Wildman–Crippen LogP) is 3.62. The van der Waals surface area contributed by atoms with Gasteiger partial charge in [-0.15, -0.1) is 0 Å². The van der Waals surface area contributed by atoms with Gasteiger partial charge in [0.2, 0.25) is 0 Å². The van der Waals surface area contributed by atoms with E-state index in [1.54, 1.807) is 48.8 Å². The van der Waals surface area contributed by atoms with Crippen molar-refractivity contribution in [1.29, 1.82) is 0 Å². The smallest absolute Gasteiger partial charge is 0.296 e. The van der Waals surface area contributed by atoms with Crippen LogP contribution in [-0.2, 0) is 22.6 Å². The van der Waals surface area contributed by atoms with Crippen LogP contribution < -0.4 is 4.74 Å². The fourth-order valence-corrected chi connectivity index (χ4v) is 4.20. The molecule has 1 N–H and O–H groups in total. The second-order valence-corrected chi connectivity index (χ2v) is 7.75. The molecule has 5 rings (SSSR count). The lowest BCUT2D eigenvalue weighted by molar-refractivity contribution is -0.140. The highest BCUT2D eigenvalue weighted by Gasteiger charge is 2.47. The molecule has 4 heterocycles. The fraction of sp³-hybridized carbons (Fsp3) is 0.208. The predicted molar refractivity (Wildman–Crippen MR) is 111 cm³/mol. The molecule has 0 bridgehead atoms. The van der Waals surface area contributed by atoms with E-state index in [1.807, 2.05) is 13.0 Å². The number of rotatable bonds is 4. The number of Topliss-reactive ketones (excluding diaryl/α,β-unsaturated/α-hetero) is 1. The summed E-state index contributed by atoms with van der Waals surface area (Å²) < 4.78 is 11.3. The molecule has 1 fully saturated rings. The number of furan rings is 1. The maximum Gasteiger partial charge on any atom is 0.296 e. The van der Waals surface area contributed by atoms with Crippen LogP contribution in [0.4, 0.5) is 0 Å². The lowest BCUT2D eigenvalue weighted by Crippen LogP contribution is -2.29. The first-order valence-corrected chi connectivity index (χ1v) is 10.0. The molecule has 7 nitrogen and oxygen atoms in total. The number of carbonyl (C=O) groups excluding carboxylic acids is 2. The number of likely N-dealkylation sites (tertiary alicyclic amines) is 1. The highest BCUT2D eigenvalue weighted by atomic mass is 16.5. The highest BCUT2D eigenvalue weighted by Crippen LogP contribution is 2.41. The van der Waals surface area contributed by atoms with E-state index in [9.17, 15) is 14.7 Å². The first kappa shape index (κ1) is 19.1.